The van der Waals surface area contributed by atoms with E-state index in [0.29, 0.717) is 13.2 Å². The van der Waals surface area contributed by atoms with Gasteiger partial charge in [0, 0.05) is 18.7 Å². The van der Waals surface area contributed by atoms with Gasteiger partial charge in [-0.2, -0.15) is 4.31 Å². The number of carbonyl (C=O) groups excluding carboxylic acids is 1. The minimum Gasteiger partial charge on any atom is -0.457 e. The minimum absolute atomic E-state index is 0.00662. The van der Waals surface area contributed by atoms with Gasteiger partial charge in [-0.3, -0.25) is 0 Å². The Hall–Kier alpha value is -2.00. The molecule has 0 bridgehead atoms. The number of halogens is 2. The van der Waals surface area contributed by atoms with Gasteiger partial charge in [0.05, 0.1) is 23.8 Å². The van der Waals surface area contributed by atoms with Crippen molar-refractivity contribution in [2.45, 2.75) is 11.5 Å². The van der Waals surface area contributed by atoms with E-state index in [9.17, 15) is 17.6 Å². The number of hydrogen-bond acceptors (Lipinski definition) is 5. The van der Waals surface area contributed by atoms with Crippen molar-refractivity contribution >= 4 is 27.6 Å². The van der Waals surface area contributed by atoms with Gasteiger partial charge in [0.2, 0.25) is 10.0 Å². The van der Waals surface area contributed by atoms with Crippen molar-refractivity contribution in [1.82, 2.24) is 4.31 Å². The molecule has 0 aromatic heterocycles. The second kappa shape index (κ2) is 8.35. The lowest BCUT2D eigenvalue weighted by Crippen LogP contribution is -2.40. The summed E-state index contributed by atoms with van der Waals surface area (Å²) in [6.45, 7) is 0.739. The van der Waals surface area contributed by atoms with Crippen LogP contribution in [0.1, 0.15) is 15.9 Å². The monoisotopic (exact) mass is 413 g/mol. The molecule has 1 aliphatic rings. The normalized spacial score (nSPS) is 15.5. The Morgan fingerprint density at radius 3 is 2.59 bits per heavy atom. The zero-order chi connectivity index (χ0) is 19.4. The van der Waals surface area contributed by atoms with Gasteiger partial charge in [0.25, 0.3) is 0 Å². The highest BCUT2D eigenvalue weighted by Gasteiger charge is 2.29. The molecule has 27 heavy (non-hydrogen) atoms. The molecular formula is C18H17ClFNO5S. The highest BCUT2D eigenvalue weighted by Crippen LogP contribution is 2.27. The van der Waals surface area contributed by atoms with E-state index in [1.165, 1.54) is 40.7 Å². The van der Waals surface area contributed by atoms with Crippen LogP contribution >= 0.6 is 11.6 Å². The zero-order valence-electron chi connectivity index (χ0n) is 14.2. The molecule has 1 fully saturated rings. The largest absolute Gasteiger partial charge is 0.457 e. The van der Waals surface area contributed by atoms with Crippen molar-refractivity contribution in [3.05, 3.63) is 64.4 Å². The highest BCUT2D eigenvalue weighted by atomic mass is 35.5. The number of carbonyl (C=O) groups is 1. The van der Waals surface area contributed by atoms with E-state index in [1.54, 1.807) is 6.07 Å². The van der Waals surface area contributed by atoms with E-state index in [0.717, 1.165) is 0 Å². The predicted octanol–water partition coefficient (Wildman–Crippen LogP) is 2.86. The summed E-state index contributed by atoms with van der Waals surface area (Å²) in [5.74, 6) is -1.26. The van der Waals surface area contributed by atoms with E-state index in [2.05, 4.69) is 0 Å². The van der Waals surface area contributed by atoms with Crippen LogP contribution in [0.3, 0.4) is 0 Å². The molecule has 1 saturated heterocycles. The lowest BCUT2D eigenvalue weighted by molar-refractivity contribution is 0.0468. The summed E-state index contributed by atoms with van der Waals surface area (Å²) in [6.07, 6.45) is 0. The summed E-state index contributed by atoms with van der Waals surface area (Å²) in [5, 5.41) is 0.00662. The first-order chi connectivity index (χ1) is 12.9. The first-order valence-electron chi connectivity index (χ1n) is 8.17. The highest BCUT2D eigenvalue weighted by molar-refractivity contribution is 7.89. The maximum atomic E-state index is 13.6. The van der Waals surface area contributed by atoms with E-state index in [-0.39, 0.29) is 40.7 Å². The standard InChI is InChI=1S/C18H17ClFNO5S/c19-15-6-5-13(18(22)26-12-14-3-1-2-4-16(14)20)11-17(15)27(23,24)21-7-9-25-10-8-21/h1-6,11H,7-10,12H2. The van der Waals surface area contributed by atoms with Crippen molar-refractivity contribution in [3.63, 3.8) is 0 Å². The van der Waals surface area contributed by atoms with Crippen LogP contribution in [-0.2, 0) is 26.1 Å². The molecule has 0 N–H and O–H groups in total. The third-order valence-corrected chi connectivity index (χ3v) is 6.45. The maximum Gasteiger partial charge on any atom is 0.338 e. The molecule has 0 spiro atoms. The van der Waals surface area contributed by atoms with Gasteiger partial charge < -0.3 is 9.47 Å². The Kier molecular flexibility index (Phi) is 6.11. The SMILES string of the molecule is O=C(OCc1ccccc1F)c1ccc(Cl)c(S(=O)(=O)N2CCOCC2)c1. The van der Waals surface area contributed by atoms with Crippen LogP contribution in [0, 0.1) is 5.82 Å². The molecule has 2 aromatic rings. The smallest absolute Gasteiger partial charge is 0.338 e. The van der Waals surface area contributed by atoms with Gasteiger partial charge in [-0.05, 0) is 24.3 Å². The van der Waals surface area contributed by atoms with Crippen LogP contribution < -0.4 is 0 Å². The molecule has 0 aliphatic carbocycles. The molecule has 0 saturated carbocycles. The second-order valence-corrected chi connectivity index (χ2v) is 8.14. The van der Waals surface area contributed by atoms with Gasteiger partial charge in [-0.15, -0.1) is 0 Å². The summed E-state index contributed by atoms with van der Waals surface area (Å²) in [7, 11) is -3.87. The third kappa shape index (κ3) is 4.47. The number of morpholine rings is 1. The Bertz CT molecular complexity index is 945. The third-order valence-electron chi connectivity index (χ3n) is 4.07. The number of hydrogen-bond donors (Lipinski definition) is 0. The predicted molar refractivity (Wildman–Crippen MR) is 96.5 cm³/mol. The fourth-order valence-electron chi connectivity index (χ4n) is 2.60. The molecule has 2 aromatic carbocycles. The summed E-state index contributed by atoms with van der Waals surface area (Å²) in [5.41, 5.74) is 0.239. The van der Waals surface area contributed by atoms with Crippen molar-refractivity contribution < 1.29 is 27.1 Å². The minimum atomic E-state index is -3.87. The Morgan fingerprint density at radius 2 is 1.89 bits per heavy atom. The van der Waals surface area contributed by atoms with Gasteiger partial charge in [-0.25, -0.2) is 17.6 Å². The Morgan fingerprint density at radius 1 is 1.19 bits per heavy atom. The summed E-state index contributed by atoms with van der Waals surface area (Å²) < 4.78 is 50.7. The average Bonchev–Trinajstić information content (AvgIpc) is 2.68. The molecule has 1 aliphatic heterocycles. The van der Waals surface area contributed by atoms with Crippen molar-refractivity contribution in [2.75, 3.05) is 26.3 Å². The molecule has 0 amide bonds. The lowest BCUT2D eigenvalue weighted by Gasteiger charge is -2.26. The number of sulfonamides is 1. The summed E-state index contributed by atoms with van der Waals surface area (Å²) in [6, 6.07) is 9.79. The number of esters is 1. The van der Waals surface area contributed by atoms with E-state index in [1.807, 2.05) is 0 Å². The van der Waals surface area contributed by atoms with Crippen LogP contribution in [-0.4, -0.2) is 45.0 Å². The molecule has 9 heteroatoms. The van der Waals surface area contributed by atoms with E-state index < -0.39 is 21.8 Å². The zero-order valence-corrected chi connectivity index (χ0v) is 15.8. The van der Waals surface area contributed by atoms with Crippen molar-refractivity contribution in [1.29, 1.82) is 0 Å². The molecule has 3 rings (SSSR count). The Labute approximate surface area is 161 Å². The van der Waals surface area contributed by atoms with Crippen LogP contribution in [0.15, 0.2) is 47.4 Å². The number of rotatable bonds is 5. The lowest BCUT2D eigenvalue weighted by atomic mass is 10.2. The molecular weight excluding hydrogens is 397 g/mol. The van der Waals surface area contributed by atoms with E-state index >= 15 is 0 Å². The van der Waals surface area contributed by atoms with Crippen LogP contribution in [0.2, 0.25) is 5.02 Å². The Balaban J connectivity index is 1.80. The first kappa shape index (κ1) is 19.8. The molecule has 0 radical (unpaired) electrons. The maximum absolute atomic E-state index is 13.6. The molecule has 144 valence electrons. The first-order valence-corrected chi connectivity index (χ1v) is 9.99. The fraction of sp³-hybridized carbons (Fsp3) is 0.278. The number of ether oxygens (including phenoxy) is 2. The fourth-order valence-corrected chi connectivity index (χ4v) is 4.50. The second-order valence-electron chi connectivity index (χ2n) is 5.83. The molecule has 6 nitrogen and oxygen atoms in total. The average molecular weight is 414 g/mol. The van der Waals surface area contributed by atoms with Gasteiger partial charge in [0.1, 0.15) is 17.3 Å². The van der Waals surface area contributed by atoms with Crippen LogP contribution in [0.4, 0.5) is 4.39 Å². The molecule has 1 heterocycles. The topological polar surface area (TPSA) is 72.9 Å². The molecule has 0 unspecified atom stereocenters. The van der Waals surface area contributed by atoms with Crippen LogP contribution in [0.5, 0.6) is 0 Å². The number of nitrogens with zero attached hydrogens (tertiary/aromatic N) is 1. The number of benzene rings is 2. The van der Waals surface area contributed by atoms with Crippen molar-refractivity contribution in [2.24, 2.45) is 0 Å². The summed E-state index contributed by atoms with van der Waals surface area (Å²) in [4.78, 5) is 12.1. The summed E-state index contributed by atoms with van der Waals surface area (Å²) >= 11 is 6.06. The van der Waals surface area contributed by atoms with Crippen molar-refractivity contribution in [3.8, 4) is 0 Å². The molecule has 0 atom stereocenters. The quantitative estimate of drug-likeness (QED) is 0.705. The van der Waals surface area contributed by atoms with Crippen LogP contribution in [0.25, 0.3) is 0 Å². The van der Waals surface area contributed by atoms with Gasteiger partial charge in [-0.1, -0.05) is 29.8 Å². The van der Waals surface area contributed by atoms with E-state index in [4.69, 9.17) is 21.1 Å². The van der Waals surface area contributed by atoms with Gasteiger partial charge in [0.15, 0.2) is 0 Å². The van der Waals surface area contributed by atoms with Gasteiger partial charge >= 0.3 is 5.97 Å².